The van der Waals surface area contributed by atoms with Crippen molar-refractivity contribution in [2.45, 2.75) is 26.2 Å². The summed E-state index contributed by atoms with van der Waals surface area (Å²) in [7, 11) is 3.98. The third kappa shape index (κ3) is 6.64. The Labute approximate surface area is 172 Å². The van der Waals surface area contributed by atoms with Crippen LogP contribution in [0.25, 0.3) is 0 Å². The van der Waals surface area contributed by atoms with Crippen LogP contribution in [0.15, 0.2) is 42.7 Å². The molecule has 0 radical (unpaired) electrons. The van der Waals surface area contributed by atoms with Crippen LogP contribution in [-0.2, 0) is 11.2 Å². The molecule has 1 amide bonds. The van der Waals surface area contributed by atoms with Gasteiger partial charge in [-0.2, -0.15) is 0 Å². The molecule has 1 N–H and O–H groups in total. The Bertz CT molecular complexity index is 851. The number of likely N-dealkylation sites (N-methyl/N-ethyl adjacent to an activating group) is 1. The number of carbonyl (C=O) groups excluding carboxylic acids is 1. The van der Waals surface area contributed by atoms with Crippen molar-refractivity contribution in [2.24, 2.45) is 5.92 Å². The van der Waals surface area contributed by atoms with Gasteiger partial charge < -0.3 is 15.1 Å². The van der Waals surface area contributed by atoms with Crippen molar-refractivity contribution < 1.29 is 4.79 Å². The SMILES string of the molecule is Cc1cccc(Nc2cc(CC3CCCN(C(=O)/C=C/CN(C)C)C3)ncn2)n1. The van der Waals surface area contributed by atoms with Gasteiger partial charge in [0.15, 0.2) is 0 Å². The molecule has 154 valence electrons. The molecule has 3 heterocycles. The molecular formula is C22H30N6O. The third-order valence-corrected chi connectivity index (χ3v) is 4.93. The quantitative estimate of drug-likeness (QED) is 0.728. The van der Waals surface area contributed by atoms with E-state index in [4.69, 9.17) is 0 Å². The predicted molar refractivity (Wildman–Crippen MR) is 115 cm³/mol. The Balaban J connectivity index is 1.58. The summed E-state index contributed by atoms with van der Waals surface area (Å²) in [4.78, 5) is 29.6. The number of pyridine rings is 1. The maximum atomic E-state index is 12.4. The van der Waals surface area contributed by atoms with Crippen LogP contribution in [-0.4, -0.2) is 64.4 Å². The summed E-state index contributed by atoms with van der Waals surface area (Å²) in [5, 5.41) is 3.24. The average Bonchev–Trinajstić information content (AvgIpc) is 2.68. The van der Waals surface area contributed by atoms with Gasteiger partial charge in [0.25, 0.3) is 0 Å². The number of likely N-dealkylation sites (tertiary alicyclic amines) is 1. The van der Waals surface area contributed by atoms with E-state index in [1.54, 1.807) is 12.4 Å². The molecule has 1 unspecified atom stereocenters. The molecule has 0 saturated carbocycles. The highest BCUT2D eigenvalue weighted by molar-refractivity contribution is 5.87. The average molecular weight is 395 g/mol. The van der Waals surface area contributed by atoms with E-state index in [0.29, 0.717) is 5.92 Å². The lowest BCUT2D eigenvalue weighted by Gasteiger charge is -2.32. The van der Waals surface area contributed by atoms with E-state index in [9.17, 15) is 4.79 Å². The van der Waals surface area contributed by atoms with Crippen molar-refractivity contribution in [3.8, 4) is 0 Å². The van der Waals surface area contributed by atoms with Crippen molar-refractivity contribution in [2.75, 3.05) is 39.0 Å². The number of nitrogens with one attached hydrogen (secondary N) is 1. The number of carbonyl (C=O) groups is 1. The molecule has 7 heteroatoms. The number of piperidine rings is 1. The summed E-state index contributed by atoms with van der Waals surface area (Å²) >= 11 is 0. The van der Waals surface area contributed by atoms with Crippen LogP contribution in [0, 0.1) is 12.8 Å². The van der Waals surface area contributed by atoms with E-state index in [1.807, 2.05) is 61.2 Å². The number of amides is 1. The van der Waals surface area contributed by atoms with Gasteiger partial charge in [-0.05, 0) is 58.3 Å². The van der Waals surface area contributed by atoms with Gasteiger partial charge in [0.1, 0.15) is 18.0 Å². The fraction of sp³-hybridized carbons (Fsp3) is 0.455. The summed E-state index contributed by atoms with van der Waals surface area (Å²) in [6.07, 6.45) is 8.18. The lowest BCUT2D eigenvalue weighted by atomic mass is 9.93. The van der Waals surface area contributed by atoms with Crippen LogP contribution in [0.1, 0.15) is 24.2 Å². The number of hydrogen-bond donors (Lipinski definition) is 1. The minimum Gasteiger partial charge on any atom is -0.339 e. The molecule has 1 aliphatic rings. The number of aryl methyl sites for hydroxylation is 1. The highest BCUT2D eigenvalue weighted by atomic mass is 16.2. The zero-order valence-electron chi connectivity index (χ0n) is 17.5. The lowest BCUT2D eigenvalue weighted by molar-refractivity contribution is -0.127. The highest BCUT2D eigenvalue weighted by Gasteiger charge is 2.23. The number of nitrogens with zero attached hydrogens (tertiary/aromatic N) is 5. The third-order valence-electron chi connectivity index (χ3n) is 4.93. The molecule has 0 spiro atoms. The summed E-state index contributed by atoms with van der Waals surface area (Å²) in [5.41, 5.74) is 1.94. The first kappa shape index (κ1) is 20.9. The molecule has 1 aliphatic heterocycles. The van der Waals surface area contributed by atoms with Gasteiger partial charge in [0, 0.05) is 43.2 Å². The van der Waals surface area contributed by atoms with E-state index in [2.05, 4.69) is 20.3 Å². The number of aromatic nitrogens is 3. The first-order valence-corrected chi connectivity index (χ1v) is 10.1. The van der Waals surface area contributed by atoms with Gasteiger partial charge in [-0.25, -0.2) is 15.0 Å². The van der Waals surface area contributed by atoms with Crippen LogP contribution in [0.3, 0.4) is 0 Å². The maximum Gasteiger partial charge on any atom is 0.246 e. The van der Waals surface area contributed by atoms with Crippen molar-refractivity contribution in [1.29, 1.82) is 0 Å². The van der Waals surface area contributed by atoms with Crippen LogP contribution in [0.2, 0.25) is 0 Å². The molecule has 3 rings (SSSR count). The standard InChI is InChI=1S/C22H30N6O/c1-17-7-4-9-20(25-17)26-21-14-19(23-16-24-21)13-18-8-5-12-28(15-18)22(29)10-6-11-27(2)3/h4,6-7,9-10,14,16,18H,5,8,11-13,15H2,1-3H3,(H,23,24,25,26)/b10-6+. The minimum absolute atomic E-state index is 0.104. The maximum absolute atomic E-state index is 12.4. The van der Waals surface area contributed by atoms with Gasteiger partial charge in [0.2, 0.25) is 5.91 Å². The normalized spacial score (nSPS) is 17.1. The minimum atomic E-state index is 0.104. The molecule has 1 atom stereocenters. The van der Waals surface area contributed by atoms with Gasteiger partial charge in [0.05, 0.1) is 0 Å². The molecular weight excluding hydrogens is 364 g/mol. The molecule has 2 aromatic rings. The highest BCUT2D eigenvalue weighted by Crippen LogP contribution is 2.22. The van der Waals surface area contributed by atoms with E-state index < -0.39 is 0 Å². The van der Waals surface area contributed by atoms with Crippen molar-refractivity contribution in [1.82, 2.24) is 24.8 Å². The van der Waals surface area contributed by atoms with Gasteiger partial charge in [-0.15, -0.1) is 0 Å². The second-order valence-corrected chi connectivity index (χ2v) is 7.85. The van der Waals surface area contributed by atoms with Gasteiger partial charge >= 0.3 is 0 Å². The van der Waals surface area contributed by atoms with Crippen LogP contribution in [0.4, 0.5) is 11.6 Å². The van der Waals surface area contributed by atoms with E-state index in [1.165, 1.54) is 0 Å². The fourth-order valence-electron chi connectivity index (χ4n) is 3.52. The Morgan fingerprint density at radius 2 is 2.17 bits per heavy atom. The molecule has 0 aromatic carbocycles. The van der Waals surface area contributed by atoms with E-state index in [0.717, 1.165) is 61.9 Å². The molecule has 2 aromatic heterocycles. The number of anilines is 2. The summed E-state index contributed by atoms with van der Waals surface area (Å²) in [6.45, 7) is 4.34. The molecule has 0 aliphatic carbocycles. The predicted octanol–water partition coefficient (Wildman–Crippen LogP) is 2.82. The summed E-state index contributed by atoms with van der Waals surface area (Å²) in [5.74, 6) is 2.03. The van der Waals surface area contributed by atoms with Crippen LogP contribution < -0.4 is 5.32 Å². The zero-order valence-corrected chi connectivity index (χ0v) is 17.5. The lowest BCUT2D eigenvalue weighted by Crippen LogP contribution is -2.39. The first-order chi connectivity index (χ1) is 14.0. The second-order valence-electron chi connectivity index (χ2n) is 7.85. The molecule has 0 bridgehead atoms. The topological polar surface area (TPSA) is 74.2 Å². The van der Waals surface area contributed by atoms with Crippen molar-refractivity contribution in [3.63, 3.8) is 0 Å². The first-order valence-electron chi connectivity index (χ1n) is 10.1. The monoisotopic (exact) mass is 394 g/mol. The van der Waals surface area contributed by atoms with E-state index >= 15 is 0 Å². The second kappa shape index (κ2) is 10.1. The molecule has 1 saturated heterocycles. The summed E-state index contributed by atoms with van der Waals surface area (Å²) in [6, 6.07) is 7.82. The van der Waals surface area contributed by atoms with Gasteiger partial charge in [-0.1, -0.05) is 12.1 Å². The Morgan fingerprint density at radius 1 is 1.31 bits per heavy atom. The largest absolute Gasteiger partial charge is 0.339 e. The number of hydrogen-bond acceptors (Lipinski definition) is 6. The Kier molecular flexibility index (Phi) is 7.30. The zero-order chi connectivity index (χ0) is 20.6. The Hall–Kier alpha value is -2.80. The van der Waals surface area contributed by atoms with Crippen molar-refractivity contribution >= 4 is 17.5 Å². The number of rotatable bonds is 7. The van der Waals surface area contributed by atoms with Gasteiger partial charge in [-0.3, -0.25) is 4.79 Å². The smallest absolute Gasteiger partial charge is 0.246 e. The summed E-state index contributed by atoms with van der Waals surface area (Å²) < 4.78 is 0. The van der Waals surface area contributed by atoms with Crippen LogP contribution in [0.5, 0.6) is 0 Å². The molecule has 7 nitrogen and oxygen atoms in total. The molecule has 1 fully saturated rings. The fourth-order valence-corrected chi connectivity index (χ4v) is 3.52. The van der Waals surface area contributed by atoms with Crippen molar-refractivity contribution in [3.05, 3.63) is 54.1 Å². The Morgan fingerprint density at radius 3 is 2.97 bits per heavy atom. The molecule has 29 heavy (non-hydrogen) atoms. The van der Waals surface area contributed by atoms with Crippen LogP contribution >= 0.6 is 0 Å². The van der Waals surface area contributed by atoms with E-state index in [-0.39, 0.29) is 5.91 Å².